The van der Waals surface area contributed by atoms with E-state index in [2.05, 4.69) is 10.1 Å². The van der Waals surface area contributed by atoms with Crippen molar-refractivity contribution in [3.05, 3.63) is 64.0 Å². The van der Waals surface area contributed by atoms with Gasteiger partial charge in [0.1, 0.15) is 11.3 Å². The second-order valence-electron chi connectivity index (χ2n) is 4.65. The lowest BCUT2D eigenvalue weighted by Crippen LogP contribution is -2.27. The fourth-order valence-corrected chi connectivity index (χ4v) is 2.19. The molecule has 0 unspecified atom stereocenters. The highest BCUT2D eigenvalue weighted by molar-refractivity contribution is 5.90. The monoisotopic (exact) mass is 283 g/mol. The fraction of sp³-hybridized carbons (Fsp3) is 0.143. The van der Waals surface area contributed by atoms with Crippen molar-refractivity contribution in [2.45, 2.75) is 13.5 Å². The standard InChI is InChI=1S/C14H13N5O2/c1-9-11(18-7-3-2-4-12(18)16-9)8-19-13(20)6-5-10(17-19)14(15)21/h2-7H,8H2,1H3,(H2,15,21). The van der Waals surface area contributed by atoms with Crippen molar-refractivity contribution in [2.75, 3.05) is 0 Å². The van der Waals surface area contributed by atoms with Crippen molar-refractivity contribution in [3.8, 4) is 0 Å². The summed E-state index contributed by atoms with van der Waals surface area (Å²) in [6.45, 7) is 2.09. The molecule has 0 aromatic carbocycles. The molecular formula is C14H13N5O2. The molecule has 0 aliphatic heterocycles. The summed E-state index contributed by atoms with van der Waals surface area (Å²) < 4.78 is 3.10. The van der Waals surface area contributed by atoms with E-state index in [0.29, 0.717) is 0 Å². The molecule has 0 radical (unpaired) electrons. The van der Waals surface area contributed by atoms with Gasteiger partial charge in [-0.3, -0.25) is 9.59 Å². The van der Waals surface area contributed by atoms with E-state index >= 15 is 0 Å². The highest BCUT2D eigenvalue weighted by Crippen LogP contribution is 2.12. The van der Waals surface area contributed by atoms with Crippen molar-refractivity contribution >= 4 is 11.6 Å². The number of fused-ring (bicyclic) bond motifs is 1. The molecule has 0 saturated heterocycles. The Morgan fingerprint density at radius 3 is 2.86 bits per heavy atom. The zero-order chi connectivity index (χ0) is 15.0. The van der Waals surface area contributed by atoms with Crippen LogP contribution in [0.25, 0.3) is 5.65 Å². The van der Waals surface area contributed by atoms with Crippen LogP contribution in [0.15, 0.2) is 41.3 Å². The van der Waals surface area contributed by atoms with Crippen LogP contribution in [0.3, 0.4) is 0 Å². The minimum Gasteiger partial charge on any atom is -0.364 e. The summed E-state index contributed by atoms with van der Waals surface area (Å²) in [4.78, 5) is 27.5. The van der Waals surface area contributed by atoms with E-state index in [1.807, 2.05) is 35.7 Å². The molecule has 106 valence electrons. The Hall–Kier alpha value is -2.96. The average molecular weight is 283 g/mol. The van der Waals surface area contributed by atoms with Crippen LogP contribution in [0.1, 0.15) is 21.9 Å². The number of nitrogens with two attached hydrogens (primary N) is 1. The summed E-state index contributed by atoms with van der Waals surface area (Å²) in [7, 11) is 0. The van der Waals surface area contributed by atoms with E-state index in [1.54, 1.807) is 0 Å². The van der Waals surface area contributed by atoms with Gasteiger partial charge in [-0.2, -0.15) is 5.10 Å². The number of aromatic nitrogens is 4. The molecule has 3 heterocycles. The lowest BCUT2D eigenvalue weighted by Gasteiger charge is -2.06. The normalized spacial score (nSPS) is 10.9. The Morgan fingerprint density at radius 2 is 2.10 bits per heavy atom. The van der Waals surface area contributed by atoms with Crippen LogP contribution in [0.2, 0.25) is 0 Å². The van der Waals surface area contributed by atoms with Crippen LogP contribution in [0, 0.1) is 6.92 Å². The van der Waals surface area contributed by atoms with Gasteiger partial charge in [0.15, 0.2) is 0 Å². The number of pyridine rings is 1. The third-order valence-corrected chi connectivity index (χ3v) is 3.25. The second-order valence-corrected chi connectivity index (χ2v) is 4.65. The maximum atomic E-state index is 11.9. The van der Waals surface area contributed by atoms with Crippen LogP contribution in [-0.4, -0.2) is 25.1 Å². The Balaban J connectivity index is 2.10. The van der Waals surface area contributed by atoms with Crippen molar-refractivity contribution in [3.63, 3.8) is 0 Å². The van der Waals surface area contributed by atoms with E-state index < -0.39 is 5.91 Å². The number of rotatable bonds is 3. The number of hydrogen-bond acceptors (Lipinski definition) is 4. The molecule has 7 nitrogen and oxygen atoms in total. The van der Waals surface area contributed by atoms with E-state index in [1.165, 1.54) is 16.8 Å². The molecule has 0 bridgehead atoms. The molecule has 2 N–H and O–H groups in total. The predicted molar refractivity (Wildman–Crippen MR) is 76.0 cm³/mol. The van der Waals surface area contributed by atoms with Gasteiger partial charge in [0.25, 0.3) is 11.5 Å². The summed E-state index contributed by atoms with van der Waals surface area (Å²) in [5.74, 6) is -0.668. The molecule has 3 aromatic rings. The zero-order valence-electron chi connectivity index (χ0n) is 11.4. The first-order valence-corrected chi connectivity index (χ1v) is 6.37. The quantitative estimate of drug-likeness (QED) is 0.750. The van der Waals surface area contributed by atoms with Gasteiger partial charge in [-0.1, -0.05) is 6.07 Å². The molecule has 3 aromatic heterocycles. The Labute approximate surface area is 119 Å². The lowest BCUT2D eigenvalue weighted by atomic mass is 10.3. The molecule has 0 spiro atoms. The number of hydrogen-bond donors (Lipinski definition) is 1. The maximum absolute atomic E-state index is 11.9. The molecular weight excluding hydrogens is 270 g/mol. The summed E-state index contributed by atoms with van der Waals surface area (Å²) >= 11 is 0. The molecule has 0 aliphatic rings. The van der Waals surface area contributed by atoms with Crippen LogP contribution in [0.4, 0.5) is 0 Å². The van der Waals surface area contributed by atoms with Crippen LogP contribution in [0.5, 0.6) is 0 Å². The predicted octanol–water partition coefficient (Wildman–Crippen LogP) is 0.347. The van der Waals surface area contributed by atoms with Gasteiger partial charge in [0, 0.05) is 12.3 Å². The van der Waals surface area contributed by atoms with Crippen LogP contribution < -0.4 is 11.3 Å². The number of carbonyl (C=O) groups is 1. The van der Waals surface area contributed by atoms with E-state index in [9.17, 15) is 9.59 Å². The maximum Gasteiger partial charge on any atom is 0.269 e. The van der Waals surface area contributed by atoms with Gasteiger partial charge in [0.2, 0.25) is 0 Å². The minimum absolute atomic E-state index is 0.0565. The van der Waals surface area contributed by atoms with Crippen LogP contribution >= 0.6 is 0 Å². The second kappa shape index (κ2) is 4.86. The van der Waals surface area contributed by atoms with Crippen molar-refractivity contribution in [1.82, 2.24) is 19.2 Å². The third kappa shape index (κ3) is 2.29. The third-order valence-electron chi connectivity index (χ3n) is 3.25. The first kappa shape index (κ1) is 13.0. The Bertz CT molecular complexity index is 894. The Morgan fingerprint density at radius 1 is 1.29 bits per heavy atom. The van der Waals surface area contributed by atoms with Gasteiger partial charge < -0.3 is 10.1 Å². The molecule has 21 heavy (non-hydrogen) atoms. The topological polar surface area (TPSA) is 95.3 Å². The summed E-state index contributed by atoms with van der Waals surface area (Å²) in [5.41, 5.74) is 7.38. The summed E-state index contributed by atoms with van der Waals surface area (Å²) in [5, 5.41) is 3.98. The van der Waals surface area contributed by atoms with Gasteiger partial charge >= 0.3 is 0 Å². The number of aryl methyl sites for hydroxylation is 1. The highest BCUT2D eigenvalue weighted by Gasteiger charge is 2.11. The van der Waals surface area contributed by atoms with Crippen molar-refractivity contribution in [1.29, 1.82) is 0 Å². The van der Waals surface area contributed by atoms with E-state index in [0.717, 1.165) is 17.0 Å². The first-order chi connectivity index (χ1) is 10.1. The number of amides is 1. The number of primary amides is 1. The van der Waals surface area contributed by atoms with E-state index in [-0.39, 0.29) is 17.8 Å². The molecule has 3 rings (SSSR count). The smallest absolute Gasteiger partial charge is 0.269 e. The number of carbonyl (C=O) groups excluding carboxylic acids is 1. The van der Waals surface area contributed by atoms with Gasteiger partial charge in [-0.15, -0.1) is 0 Å². The molecule has 7 heteroatoms. The molecule has 1 amide bonds. The van der Waals surface area contributed by atoms with Crippen molar-refractivity contribution in [2.24, 2.45) is 5.73 Å². The Kier molecular flexibility index (Phi) is 3.02. The van der Waals surface area contributed by atoms with Gasteiger partial charge in [-0.05, 0) is 25.1 Å². The van der Waals surface area contributed by atoms with E-state index in [4.69, 9.17) is 5.73 Å². The SMILES string of the molecule is Cc1nc2ccccn2c1Cn1nc(C(N)=O)ccc1=O. The van der Waals surface area contributed by atoms with Crippen molar-refractivity contribution < 1.29 is 4.79 Å². The molecule has 0 saturated carbocycles. The lowest BCUT2D eigenvalue weighted by molar-refractivity contribution is 0.0993. The van der Waals surface area contributed by atoms with Gasteiger partial charge in [-0.25, -0.2) is 9.67 Å². The molecule has 0 fully saturated rings. The highest BCUT2D eigenvalue weighted by atomic mass is 16.1. The largest absolute Gasteiger partial charge is 0.364 e. The molecule has 0 aliphatic carbocycles. The number of nitrogens with zero attached hydrogens (tertiary/aromatic N) is 4. The first-order valence-electron chi connectivity index (χ1n) is 6.37. The summed E-state index contributed by atoms with van der Waals surface area (Å²) in [6, 6.07) is 8.26. The minimum atomic E-state index is -0.668. The van der Waals surface area contributed by atoms with Crippen LogP contribution in [-0.2, 0) is 6.54 Å². The average Bonchev–Trinajstić information content (AvgIpc) is 2.77. The fourth-order valence-electron chi connectivity index (χ4n) is 2.19. The van der Waals surface area contributed by atoms with Gasteiger partial charge in [0.05, 0.1) is 17.9 Å². The molecule has 0 atom stereocenters. The number of imidazole rings is 1. The zero-order valence-corrected chi connectivity index (χ0v) is 11.4. The summed E-state index contributed by atoms with van der Waals surface area (Å²) in [6.07, 6.45) is 1.87.